The maximum atomic E-state index is 12.8. The number of aromatic carboxylic acids is 1. The van der Waals surface area contributed by atoms with Gasteiger partial charge in [-0.2, -0.15) is 0 Å². The van der Waals surface area contributed by atoms with E-state index in [-0.39, 0.29) is 34.2 Å². The van der Waals surface area contributed by atoms with Crippen LogP contribution >= 0.6 is 15.9 Å². The third-order valence-electron chi connectivity index (χ3n) is 7.29. The molecule has 5 rings (SSSR count). The van der Waals surface area contributed by atoms with Gasteiger partial charge in [0.2, 0.25) is 0 Å². The lowest BCUT2D eigenvalue weighted by Crippen LogP contribution is -2.41. The van der Waals surface area contributed by atoms with Crippen molar-refractivity contribution in [2.45, 2.75) is 38.9 Å². The third kappa shape index (κ3) is 9.56. The van der Waals surface area contributed by atoms with E-state index in [0.29, 0.717) is 27.1 Å². The molecule has 3 heterocycles. The molecule has 14 heteroatoms. The van der Waals surface area contributed by atoms with Gasteiger partial charge in [0.15, 0.2) is 11.4 Å². The van der Waals surface area contributed by atoms with Crippen LogP contribution in [0.5, 0.6) is 11.5 Å². The first-order valence-corrected chi connectivity index (χ1v) is 14.8. The Balaban J connectivity index is 0.000000194. The quantitative estimate of drug-likeness (QED) is 0.178. The number of hydrogen-bond acceptors (Lipinski definition) is 9. The molecular weight excluding hydrogens is 681 g/mol. The van der Waals surface area contributed by atoms with Crippen LogP contribution in [-0.2, 0) is 14.0 Å². The second kappa shape index (κ2) is 15.9. The van der Waals surface area contributed by atoms with Crippen LogP contribution in [0, 0.1) is 11.6 Å². The zero-order valence-electron chi connectivity index (χ0n) is 26.8. The standard InChI is InChI=1S/C13H10FNO3.C12H16BFO2.C8H8BrNO3/c1-18-12-6-11(13(16)17)15-7-10(12)8-2-4-9(14)5-3-8;1-11(2)12(3,4)16-13(15-11)9-5-7-10(14)8-6-9;1-12-7-3-6(8(11)13-2)10-4-5(7)9/h2-7H,1H3,(H,16,17);5-8H,1-4H3;3-4H,1-2H3. The Kier molecular flexibility index (Phi) is 12.6. The van der Waals surface area contributed by atoms with Crippen molar-refractivity contribution in [3.8, 4) is 22.6 Å². The van der Waals surface area contributed by atoms with Gasteiger partial charge in [0, 0.05) is 30.1 Å². The minimum Gasteiger partial charge on any atom is -0.496 e. The summed E-state index contributed by atoms with van der Waals surface area (Å²) in [6, 6.07) is 14.9. The van der Waals surface area contributed by atoms with Gasteiger partial charge < -0.3 is 28.6 Å². The van der Waals surface area contributed by atoms with Crippen LogP contribution in [0.2, 0.25) is 0 Å². The minimum absolute atomic E-state index is 0.0993. The van der Waals surface area contributed by atoms with E-state index in [1.54, 1.807) is 24.3 Å². The number of benzene rings is 2. The lowest BCUT2D eigenvalue weighted by atomic mass is 9.79. The summed E-state index contributed by atoms with van der Waals surface area (Å²) in [6.07, 6.45) is 2.89. The molecule has 2 aromatic heterocycles. The summed E-state index contributed by atoms with van der Waals surface area (Å²) in [6.45, 7) is 7.99. The summed E-state index contributed by atoms with van der Waals surface area (Å²) < 4.78 is 52.6. The fourth-order valence-corrected chi connectivity index (χ4v) is 4.34. The fourth-order valence-electron chi connectivity index (χ4n) is 3.96. The molecular formula is C33H34BBrF2N2O8. The van der Waals surface area contributed by atoms with Gasteiger partial charge in [-0.25, -0.2) is 28.3 Å². The van der Waals surface area contributed by atoms with Gasteiger partial charge in [-0.3, -0.25) is 0 Å². The van der Waals surface area contributed by atoms with Gasteiger partial charge in [-0.15, -0.1) is 0 Å². The number of carbonyl (C=O) groups excluding carboxylic acids is 1. The van der Waals surface area contributed by atoms with Gasteiger partial charge in [-0.05, 0) is 78.9 Å². The van der Waals surface area contributed by atoms with Gasteiger partial charge in [0.05, 0.1) is 37.0 Å². The summed E-state index contributed by atoms with van der Waals surface area (Å²) in [5.41, 5.74) is 1.58. The van der Waals surface area contributed by atoms with Crippen molar-refractivity contribution in [2.24, 2.45) is 0 Å². The van der Waals surface area contributed by atoms with Crippen molar-refractivity contribution in [3.63, 3.8) is 0 Å². The Morgan fingerprint density at radius 3 is 1.77 bits per heavy atom. The summed E-state index contributed by atoms with van der Waals surface area (Å²) in [5.74, 6) is -1.26. The van der Waals surface area contributed by atoms with Crippen molar-refractivity contribution < 1.29 is 47.0 Å². The maximum absolute atomic E-state index is 12.8. The Bertz CT molecular complexity index is 1670. The number of carboxylic acid groups (broad SMARTS) is 1. The maximum Gasteiger partial charge on any atom is 0.494 e. The molecule has 0 aliphatic carbocycles. The first kappa shape index (κ1) is 37.1. The molecule has 1 N–H and O–H groups in total. The van der Waals surface area contributed by atoms with Crippen LogP contribution in [0.1, 0.15) is 48.7 Å². The molecule has 1 fully saturated rings. The van der Waals surface area contributed by atoms with Gasteiger partial charge >= 0.3 is 19.1 Å². The van der Waals surface area contributed by atoms with Crippen LogP contribution in [0.15, 0.2) is 77.5 Å². The fraction of sp³-hybridized carbons (Fsp3) is 0.273. The molecule has 0 unspecified atom stereocenters. The first-order chi connectivity index (χ1) is 22.1. The smallest absolute Gasteiger partial charge is 0.494 e. The highest BCUT2D eigenvalue weighted by atomic mass is 79.9. The highest BCUT2D eigenvalue weighted by molar-refractivity contribution is 9.10. The van der Waals surface area contributed by atoms with E-state index < -0.39 is 19.1 Å². The van der Waals surface area contributed by atoms with Crippen molar-refractivity contribution in [2.75, 3.05) is 21.3 Å². The lowest BCUT2D eigenvalue weighted by Gasteiger charge is -2.32. The molecule has 0 amide bonds. The SMILES string of the molecule is CC1(C)OB(c2ccc(F)cc2)OC1(C)C.COC(=O)c1cc(OC)c(Br)cn1.COc1cc(C(=O)O)ncc1-c1ccc(F)cc1. The van der Waals surface area contributed by atoms with E-state index in [9.17, 15) is 18.4 Å². The Hall–Kier alpha value is -4.40. The molecule has 4 aromatic rings. The molecule has 1 saturated heterocycles. The second-order valence-electron chi connectivity index (χ2n) is 10.9. The first-order valence-electron chi connectivity index (χ1n) is 14.0. The van der Waals surface area contributed by atoms with E-state index in [4.69, 9.17) is 23.9 Å². The van der Waals surface area contributed by atoms with Crippen LogP contribution in [0.3, 0.4) is 0 Å². The third-order valence-corrected chi connectivity index (χ3v) is 7.89. The zero-order valence-corrected chi connectivity index (χ0v) is 28.4. The van der Waals surface area contributed by atoms with Crippen LogP contribution in [-0.4, -0.2) is 66.7 Å². The molecule has 10 nitrogen and oxygen atoms in total. The van der Waals surface area contributed by atoms with Crippen LogP contribution < -0.4 is 14.9 Å². The van der Waals surface area contributed by atoms with Gasteiger partial charge in [0.25, 0.3) is 0 Å². The normalized spacial score (nSPS) is 14.1. The number of carboxylic acids is 1. The predicted molar refractivity (Wildman–Crippen MR) is 175 cm³/mol. The topological polar surface area (TPSA) is 126 Å². The minimum atomic E-state index is -1.13. The Morgan fingerprint density at radius 1 is 0.787 bits per heavy atom. The largest absolute Gasteiger partial charge is 0.496 e. The average Bonchev–Trinajstić information content (AvgIpc) is 3.27. The van der Waals surface area contributed by atoms with Crippen molar-refractivity contribution in [1.82, 2.24) is 9.97 Å². The van der Waals surface area contributed by atoms with E-state index >= 15 is 0 Å². The van der Waals surface area contributed by atoms with Gasteiger partial charge in [0.1, 0.15) is 23.1 Å². The summed E-state index contributed by atoms with van der Waals surface area (Å²) in [4.78, 5) is 29.5. The molecule has 2 aromatic carbocycles. The molecule has 0 bridgehead atoms. The van der Waals surface area contributed by atoms with Crippen molar-refractivity contribution >= 4 is 40.4 Å². The average molecular weight is 715 g/mol. The number of esters is 1. The molecule has 248 valence electrons. The summed E-state index contributed by atoms with van der Waals surface area (Å²) in [7, 11) is 3.85. The zero-order chi connectivity index (χ0) is 34.9. The number of aromatic nitrogens is 2. The number of hydrogen-bond donors (Lipinski definition) is 1. The van der Waals surface area contributed by atoms with E-state index in [1.165, 1.54) is 70.1 Å². The number of carbonyl (C=O) groups is 2. The van der Waals surface area contributed by atoms with E-state index in [0.717, 1.165) is 5.46 Å². The number of rotatable bonds is 6. The highest BCUT2D eigenvalue weighted by Gasteiger charge is 2.51. The van der Waals surface area contributed by atoms with Crippen LogP contribution in [0.25, 0.3) is 11.1 Å². The number of pyridine rings is 2. The number of ether oxygens (including phenoxy) is 3. The van der Waals surface area contributed by atoms with E-state index in [2.05, 4.69) is 30.6 Å². The molecule has 0 spiro atoms. The molecule has 1 aliphatic heterocycles. The number of methoxy groups -OCH3 is 3. The van der Waals surface area contributed by atoms with Crippen molar-refractivity contribution in [3.05, 3.63) is 101 Å². The van der Waals surface area contributed by atoms with Crippen LogP contribution in [0.4, 0.5) is 8.78 Å². The molecule has 0 radical (unpaired) electrons. The molecule has 47 heavy (non-hydrogen) atoms. The summed E-state index contributed by atoms with van der Waals surface area (Å²) >= 11 is 3.22. The Morgan fingerprint density at radius 2 is 1.28 bits per heavy atom. The highest BCUT2D eigenvalue weighted by Crippen LogP contribution is 2.36. The van der Waals surface area contributed by atoms with E-state index in [1.807, 2.05) is 27.7 Å². The van der Waals surface area contributed by atoms with Crippen molar-refractivity contribution in [1.29, 1.82) is 0 Å². The van der Waals surface area contributed by atoms with Gasteiger partial charge in [-0.1, -0.05) is 24.3 Å². The monoisotopic (exact) mass is 714 g/mol. The number of nitrogens with zero attached hydrogens (tertiary/aromatic N) is 2. The summed E-state index contributed by atoms with van der Waals surface area (Å²) in [5, 5.41) is 8.83. The number of halogens is 3. The molecule has 0 atom stereocenters. The predicted octanol–water partition coefficient (Wildman–Crippen LogP) is 6.36. The lowest BCUT2D eigenvalue weighted by molar-refractivity contribution is 0.00578. The second-order valence-corrected chi connectivity index (χ2v) is 11.8. The molecule has 1 aliphatic rings. The molecule has 0 saturated carbocycles. The Labute approximate surface area is 280 Å².